The highest BCUT2D eigenvalue weighted by atomic mass is 127. The van der Waals surface area contributed by atoms with Crippen molar-refractivity contribution in [2.24, 2.45) is 0 Å². The van der Waals surface area contributed by atoms with Crippen LogP contribution >= 0.6 is 22.9 Å². The number of nitrogens with zero attached hydrogens (tertiary/aromatic N) is 1. The molecular formula is C9H10INO. The normalized spacial score (nSPS) is 16.8. The van der Waals surface area contributed by atoms with Gasteiger partial charge in [-0.2, -0.15) is 0 Å². The molecule has 0 N–H and O–H groups in total. The van der Waals surface area contributed by atoms with Gasteiger partial charge in [0.2, 0.25) is 0 Å². The number of benzene rings is 1. The molecule has 0 spiro atoms. The molecule has 12 heavy (non-hydrogen) atoms. The number of hydrogen-bond donors (Lipinski definition) is 0. The van der Waals surface area contributed by atoms with E-state index in [1.165, 1.54) is 11.1 Å². The summed E-state index contributed by atoms with van der Waals surface area (Å²) in [5.74, 6) is 1.04. The Balaban J connectivity index is 2.37. The van der Waals surface area contributed by atoms with Crippen molar-refractivity contribution in [2.75, 3.05) is 6.73 Å². The first kappa shape index (κ1) is 8.31. The summed E-state index contributed by atoms with van der Waals surface area (Å²) in [6.45, 7) is 3.78. The van der Waals surface area contributed by atoms with Crippen LogP contribution in [0.2, 0.25) is 0 Å². The Bertz CT molecular complexity index is 301. The van der Waals surface area contributed by atoms with Crippen LogP contribution in [-0.4, -0.2) is 9.84 Å². The number of ether oxygens (including phenoxy) is 1. The van der Waals surface area contributed by atoms with Crippen LogP contribution in [-0.2, 0) is 6.54 Å². The summed E-state index contributed by atoms with van der Waals surface area (Å²) in [6, 6.07) is 6.32. The summed E-state index contributed by atoms with van der Waals surface area (Å²) < 4.78 is 7.63. The molecule has 0 aliphatic carbocycles. The zero-order chi connectivity index (χ0) is 8.55. The lowest BCUT2D eigenvalue weighted by Gasteiger charge is -2.23. The summed E-state index contributed by atoms with van der Waals surface area (Å²) >= 11 is 2.27. The van der Waals surface area contributed by atoms with Crippen LogP contribution in [0.5, 0.6) is 5.75 Å². The molecule has 0 radical (unpaired) electrons. The van der Waals surface area contributed by atoms with Crippen molar-refractivity contribution in [2.45, 2.75) is 13.5 Å². The lowest BCUT2D eigenvalue weighted by Crippen LogP contribution is -2.23. The van der Waals surface area contributed by atoms with Gasteiger partial charge in [-0.1, -0.05) is 17.7 Å². The number of fused-ring (bicyclic) bond motifs is 1. The van der Waals surface area contributed by atoms with Gasteiger partial charge in [-0.3, -0.25) is 0 Å². The van der Waals surface area contributed by atoms with E-state index in [9.17, 15) is 0 Å². The molecule has 0 atom stereocenters. The Morgan fingerprint density at radius 3 is 3.17 bits per heavy atom. The second-order valence-corrected chi connectivity index (χ2v) is 4.37. The Kier molecular flexibility index (Phi) is 2.23. The average Bonchev–Trinajstić information content (AvgIpc) is 2.03. The van der Waals surface area contributed by atoms with Crippen molar-refractivity contribution in [3.8, 4) is 5.75 Å². The molecule has 0 fully saturated rings. The van der Waals surface area contributed by atoms with E-state index < -0.39 is 0 Å². The third kappa shape index (κ3) is 1.56. The number of aryl methyl sites for hydroxylation is 1. The summed E-state index contributed by atoms with van der Waals surface area (Å²) in [7, 11) is 0. The van der Waals surface area contributed by atoms with Crippen molar-refractivity contribution in [1.29, 1.82) is 0 Å². The standard InChI is InChI=1S/C9H10INO/c1-7-2-3-9-8(4-7)5-11(10)6-12-9/h2-4H,5-6H2,1H3. The average molecular weight is 275 g/mol. The predicted octanol–water partition coefficient (Wildman–Crippen LogP) is 2.50. The zero-order valence-corrected chi connectivity index (χ0v) is 9.04. The van der Waals surface area contributed by atoms with Crippen LogP contribution in [0.3, 0.4) is 0 Å². The molecule has 1 heterocycles. The minimum atomic E-state index is 0.691. The van der Waals surface area contributed by atoms with Gasteiger partial charge >= 0.3 is 0 Å². The van der Waals surface area contributed by atoms with E-state index in [1.807, 2.05) is 6.07 Å². The molecule has 0 bridgehead atoms. The fraction of sp³-hybridized carbons (Fsp3) is 0.333. The molecule has 0 aromatic heterocycles. The van der Waals surface area contributed by atoms with E-state index in [2.05, 4.69) is 45.0 Å². The molecule has 0 saturated carbocycles. The highest BCUT2D eigenvalue weighted by molar-refractivity contribution is 14.1. The molecular weight excluding hydrogens is 265 g/mol. The number of halogens is 1. The second-order valence-electron chi connectivity index (χ2n) is 3.01. The second kappa shape index (κ2) is 3.22. The maximum absolute atomic E-state index is 5.51. The summed E-state index contributed by atoms with van der Waals surface area (Å²) in [5, 5.41) is 0. The topological polar surface area (TPSA) is 12.5 Å². The third-order valence-corrected chi connectivity index (χ3v) is 2.54. The number of hydrogen-bond acceptors (Lipinski definition) is 2. The Labute approximate surface area is 86.0 Å². The monoisotopic (exact) mass is 275 g/mol. The minimum absolute atomic E-state index is 0.691. The van der Waals surface area contributed by atoms with E-state index in [4.69, 9.17) is 4.74 Å². The first-order valence-electron chi connectivity index (χ1n) is 3.89. The maximum atomic E-state index is 5.51. The van der Waals surface area contributed by atoms with Crippen LogP contribution in [0.1, 0.15) is 11.1 Å². The van der Waals surface area contributed by atoms with Gasteiger partial charge in [-0.05, 0) is 13.0 Å². The molecule has 2 rings (SSSR count). The smallest absolute Gasteiger partial charge is 0.150 e. The van der Waals surface area contributed by atoms with Gasteiger partial charge in [0.15, 0.2) is 6.73 Å². The van der Waals surface area contributed by atoms with Gasteiger partial charge in [0.25, 0.3) is 0 Å². The molecule has 0 amide bonds. The first-order chi connectivity index (χ1) is 5.75. The molecule has 1 aliphatic heterocycles. The zero-order valence-electron chi connectivity index (χ0n) is 6.88. The molecule has 1 aromatic rings. The molecule has 0 unspecified atom stereocenters. The van der Waals surface area contributed by atoms with Gasteiger partial charge in [-0.15, -0.1) is 0 Å². The van der Waals surface area contributed by atoms with Crippen LogP contribution in [0, 0.1) is 6.92 Å². The Hall–Kier alpha value is -0.290. The third-order valence-electron chi connectivity index (χ3n) is 1.92. The SMILES string of the molecule is Cc1ccc2c(c1)CN(I)CO2. The quantitative estimate of drug-likeness (QED) is 0.533. The largest absolute Gasteiger partial charge is 0.477 e. The summed E-state index contributed by atoms with van der Waals surface area (Å²) in [4.78, 5) is 0. The highest BCUT2D eigenvalue weighted by Crippen LogP contribution is 2.26. The first-order valence-corrected chi connectivity index (χ1v) is 4.85. The van der Waals surface area contributed by atoms with E-state index in [0.29, 0.717) is 6.73 Å². The van der Waals surface area contributed by atoms with Crippen LogP contribution < -0.4 is 4.74 Å². The maximum Gasteiger partial charge on any atom is 0.150 e. The highest BCUT2D eigenvalue weighted by Gasteiger charge is 2.14. The van der Waals surface area contributed by atoms with Gasteiger partial charge in [-0.25, -0.2) is 3.11 Å². The van der Waals surface area contributed by atoms with E-state index in [0.717, 1.165) is 12.3 Å². The minimum Gasteiger partial charge on any atom is -0.477 e. The molecule has 2 nitrogen and oxygen atoms in total. The number of rotatable bonds is 0. The van der Waals surface area contributed by atoms with E-state index >= 15 is 0 Å². The van der Waals surface area contributed by atoms with Gasteiger partial charge in [0, 0.05) is 35.0 Å². The lowest BCUT2D eigenvalue weighted by atomic mass is 10.1. The van der Waals surface area contributed by atoms with Crippen molar-refractivity contribution < 1.29 is 4.74 Å². The van der Waals surface area contributed by atoms with Gasteiger partial charge in [0.1, 0.15) is 5.75 Å². The molecule has 3 heteroatoms. The van der Waals surface area contributed by atoms with Crippen LogP contribution in [0.25, 0.3) is 0 Å². The van der Waals surface area contributed by atoms with Crippen molar-refractivity contribution in [3.05, 3.63) is 29.3 Å². The van der Waals surface area contributed by atoms with Crippen LogP contribution in [0.15, 0.2) is 18.2 Å². The molecule has 1 aromatic carbocycles. The van der Waals surface area contributed by atoms with Crippen molar-refractivity contribution >= 4 is 22.9 Å². The van der Waals surface area contributed by atoms with Crippen molar-refractivity contribution in [1.82, 2.24) is 3.11 Å². The van der Waals surface area contributed by atoms with Gasteiger partial charge in [0.05, 0.1) is 0 Å². The Morgan fingerprint density at radius 1 is 1.50 bits per heavy atom. The van der Waals surface area contributed by atoms with Gasteiger partial charge < -0.3 is 4.74 Å². The molecule has 0 saturated heterocycles. The summed E-state index contributed by atoms with van der Waals surface area (Å²) in [5.41, 5.74) is 2.58. The van der Waals surface area contributed by atoms with Crippen LogP contribution in [0.4, 0.5) is 0 Å². The van der Waals surface area contributed by atoms with Crippen molar-refractivity contribution in [3.63, 3.8) is 0 Å². The van der Waals surface area contributed by atoms with E-state index in [-0.39, 0.29) is 0 Å². The summed E-state index contributed by atoms with van der Waals surface area (Å²) in [6.07, 6.45) is 0. The molecule has 1 aliphatic rings. The lowest BCUT2D eigenvalue weighted by molar-refractivity contribution is 0.196. The Morgan fingerprint density at radius 2 is 2.33 bits per heavy atom. The van der Waals surface area contributed by atoms with E-state index in [1.54, 1.807) is 0 Å². The fourth-order valence-electron chi connectivity index (χ4n) is 1.34. The molecule has 64 valence electrons. The fourth-order valence-corrected chi connectivity index (χ4v) is 1.85. The predicted molar refractivity (Wildman–Crippen MR) is 56.2 cm³/mol.